The van der Waals surface area contributed by atoms with Gasteiger partial charge in [0.15, 0.2) is 0 Å². The Morgan fingerprint density at radius 1 is 1.04 bits per heavy atom. The van der Waals surface area contributed by atoms with E-state index in [0.717, 1.165) is 37.6 Å². The van der Waals surface area contributed by atoms with Gasteiger partial charge in [-0.15, -0.1) is 0 Å². The van der Waals surface area contributed by atoms with E-state index in [-0.39, 0.29) is 17.8 Å². The second-order valence-electron chi connectivity index (χ2n) is 6.83. The van der Waals surface area contributed by atoms with Crippen LogP contribution in [0.2, 0.25) is 0 Å². The van der Waals surface area contributed by atoms with Gasteiger partial charge in [-0.1, -0.05) is 6.07 Å². The molecule has 0 radical (unpaired) electrons. The van der Waals surface area contributed by atoms with Crippen molar-refractivity contribution in [2.45, 2.75) is 43.9 Å². The zero-order valence-electron chi connectivity index (χ0n) is 14.4. The number of nitrogens with zero attached hydrogens (tertiary/aromatic N) is 2. The van der Waals surface area contributed by atoms with Crippen LogP contribution >= 0.6 is 0 Å². The first kappa shape index (κ1) is 17.6. The van der Waals surface area contributed by atoms with Crippen LogP contribution in [0.25, 0.3) is 0 Å². The average molecular weight is 376 g/mol. The first-order chi connectivity index (χ1) is 12.9. The molecule has 6 nitrogen and oxygen atoms in total. The molecule has 9 heteroatoms. The van der Waals surface area contributed by atoms with E-state index in [1.807, 2.05) is 12.1 Å². The molecule has 1 heterocycles. The lowest BCUT2D eigenvalue weighted by molar-refractivity contribution is -0.137. The quantitative estimate of drug-likeness (QED) is 0.539. The molecule has 2 aliphatic rings. The highest BCUT2D eigenvalue weighted by Crippen LogP contribution is 2.37. The molecule has 2 aliphatic carbocycles. The number of benzene rings is 1. The SMILES string of the molecule is N=Cc1c(Nc2ncc(C(F)(F)F)c(NC3CC3)n2)cccc1NC1CC1. The van der Waals surface area contributed by atoms with Crippen LogP contribution in [0, 0.1) is 5.41 Å². The number of aromatic nitrogens is 2. The lowest BCUT2D eigenvalue weighted by Crippen LogP contribution is -2.15. The number of halogens is 3. The molecule has 1 aromatic carbocycles. The van der Waals surface area contributed by atoms with Crippen LogP contribution in [-0.4, -0.2) is 28.3 Å². The lowest BCUT2D eigenvalue weighted by Gasteiger charge is -2.16. The summed E-state index contributed by atoms with van der Waals surface area (Å²) in [5, 5.41) is 16.8. The van der Waals surface area contributed by atoms with Crippen molar-refractivity contribution in [2.24, 2.45) is 0 Å². The highest BCUT2D eigenvalue weighted by molar-refractivity contribution is 5.94. The number of hydrogen-bond donors (Lipinski definition) is 4. The average Bonchev–Trinajstić information content (AvgIpc) is 3.51. The molecule has 0 unspecified atom stereocenters. The Morgan fingerprint density at radius 2 is 1.70 bits per heavy atom. The summed E-state index contributed by atoms with van der Waals surface area (Å²) in [6.07, 6.45) is 1.31. The Labute approximate surface area is 154 Å². The third-order valence-electron chi connectivity index (χ3n) is 4.45. The highest BCUT2D eigenvalue weighted by Gasteiger charge is 2.37. The number of anilines is 4. The van der Waals surface area contributed by atoms with Crippen molar-refractivity contribution in [3.05, 3.63) is 35.5 Å². The van der Waals surface area contributed by atoms with Crippen LogP contribution in [0.15, 0.2) is 24.4 Å². The van der Waals surface area contributed by atoms with Gasteiger partial charge in [0.1, 0.15) is 11.4 Å². The minimum absolute atomic E-state index is 0.0251. The zero-order chi connectivity index (χ0) is 19.0. The Kier molecular flexibility index (Phi) is 4.37. The van der Waals surface area contributed by atoms with Crippen LogP contribution < -0.4 is 16.0 Å². The maximum Gasteiger partial charge on any atom is 0.421 e. The zero-order valence-corrected chi connectivity index (χ0v) is 14.4. The molecule has 0 bridgehead atoms. The summed E-state index contributed by atoms with van der Waals surface area (Å²) in [6, 6.07) is 5.87. The van der Waals surface area contributed by atoms with Crippen LogP contribution in [0.1, 0.15) is 36.8 Å². The first-order valence-corrected chi connectivity index (χ1v) is 8.82. The van der Waals surface area contributed by atoms with Gasteiger partial charge in [-0.3, -0.25) is 0 Å². The number of hydrogen-bond acceptors (Lipinski definition) is 6. The molecule has 0 aliphatic heterocycles. The van der Waals surface area contributed by atoms with E-state index >= 15 is 0 Å². The summed E-state index contributed by atoms with van der Waals surface area (Å²) >= 11 is 0. The van der Waals surface area contributed by atoms with Gasteiger partial charge in [-0.2, -0.15) is 18.2 Å². The normalized spacial score (nSPS) is 16.7. The van der Waals surface area contributed by atoms with Crippen molar-refractivity contribution in [2.75, 3.05) is 16.0 Å². The van der Waals surface area contributed by atoms with E-state index < -0.39 is 11.7 Å². The Hall–Kier alpha value is -2.84. The largest absolute Gasteiger partial charge is 0.421 e. The van der Waals surface area contributed by atoms with Crippen molar-refractivity contribution in [1.82, 2.24) is 9.97 Å². The minimum atomic E-state index is -4.52. The van der Waals surface area contributed by atoms with Crippen molar-refractivity contribution in [3.63, 3.8) is 0 Å². The molecule has 27 heavy (non-hydrogen) atoms. The van der Waals surface area contributed by atoms with Crippen LogP contribution in [0.5, 0.6) is 0 Å². The van der Waals surface area contributed by atoms with Gasteiger partial charge in [0.2, 0.25) is 5.95 Å². The molecule has 0 saturated heterocycles. The Balaban J connectivity index is 1.63. The summed E-state index contributed by atoms with van der Waals surface area (Å²) in [6.45, 7) is 0. The predicted octanol–water partition coefficient (Wildman–Crippen LogP) is 4.39. The fourth-order valence-corrected chi connectivity index (χ4v) is 2.70. The molecule has 2 fully saturated rings. The summed E-state index contributed by atoms with van der Waals surface area (Å²) in [5.74, 6) is -0.163. The van der Waals surface area contributed by atoms with E-state index in [2.05, 4.69) is 25.9 Å². The van der Waals surface area contributed by atoms with Gasteiger partial charge >= 0.3 is 6.18 Å². The van der Waals surface area contributed by atoms with Gasteiger partial charge in [-0.05, 0) is 37.8 Å². The van der Waals surface area contributed by atoms with Crippen molar-refractivity contribution >= 4 is 29.4 Å². The summed E-state index contributed by atoms with van der Waals surface area (Å²) < 4.78 is 39.6. The van der Waals surface area contributed by atoms with Crippen molar-refractivity contribution < 1.29 is 13.2 Å². The summed E-state index contributed by atoms with van der Waals surface area (Å²) in [4.78, 5) is 7.87. The molecule has 142 valence electrons. The second kappa shape index (κ2) is 6.71. The Morgan fingerprint density at radius 3 is 2.33 bits per heavy atom. The van der Waals surface area contributed by atoms with Crippen LogP contribution in [-0.2, 0) is 6.18 Å². The lowest BCUT2D eigenvalue weighted by atomic mass is 10.1. The van der Waals surface area contributed by atoms with E-state index in [1.54, 1.807) is 6.07 Å². The first-order valence-electron chi connectivity index (χ1n) is 8.82. The maximum absolute atomic E-state index is 13.2. The smallest absolute Gasteiger partial charge is 0.382 e. The molecule has 1 aromatic heterocycles. The van der Waals surface area contributed by atoms with Crippen molar-refractivity contribution in [3.8, 4) is 0 Å². The van der Waals surface area contributed by atoms with Gasteiger partial charge in [-0.25, -0.2) is 4.98 Å². The fraction of sp³-hybridized carbons (Fsp3) is 0.389. The van der Waals surface area contributed by atoms with Crippen LogP contribution in [0.4, 0.5) is 36.3 Å². The van der Waals surface area contributed by atoms with Gasteiger partial charge in [0, 0.05) is 35.7 Å². The van der Waals surface area contributed by atoms with E-state index in [1.165, 1.54) is 6.21 Å². The van der Waals surface area contributed by atoms with E-state index in [9.17, 15) is 13.2 Å². The molecular formula is C18H19F3N6. The third-order valence-corrected chi connectivity index (χ3v) is 4.45. The predicted molar refractivity (Wildman–Crippen MR) is 97.9 cm³/mol. The summed E-state index contributed by atoms with van der Waals surface area (Å²) in [7, 11) is 0. The number of rotatable bonds is 7. The van der Waals surface area contributed by atoms with Crippen LogP contribution in [0.3, 0.4) is 0 Å². The molecular weight excluding hydrogens is 357 g/mol. The molecule has 2 aromatic rings. The van der Waals surface area contributed by atoms with E-state index in [0.29, 0.717) is 17.3 Å². The Bertz CT molecular complexity index is 859. The van der Waals surface area contributed by atoms with Gasteiger partial charge in [0.25, 0.3) is 0 Å². The monoisotopic (exact) mass is 376 g/mol. The molecule has 0 amide bonds. The summed E-state index contributed by atoms with van der Waals surface area (Å²) in [5.41, 5.74) is 1.11. The fourth-order valence-electron chi connectivity index (χ4n) is 2.70. The molecule has 0 spiro atoms. The van der Waals surface area contributed by atoms with Crippen molar-refractivity contribution in [1.29, 1.82) is 5.41 Å². The topological polar surface area (TPSA) is 85.7 Å². The minimum Gasteiger partial charge on any atom is -0.382 e. The van der Waals surface area contributed by atoms with Gasteiger partial charge in [0.05, 0.1) is 5.69 Å². The number of alkyl halides is 3. The van der Waals surface area contributed by atoms with Gasteiger partial charge < -0.3 is 21.4 Å². The molecule has 2 saturated carbocycles. The van der Waals surface area contributed by atoms with E-state index in [4.69, 9.17) is 5.41 Å². The maximum atomic E-state index is 13.2. The molecule has 4 rings (SSSR count). The molecule has 0 atom stereocenters. The highest BCUT2D eigenvalue weighted by atomic mass is 19.4. The number of nitrogens with one attached hydrogen (secondary N) is 4. The third kappa shape index (κ3) is 4.12. The standard InChI is InChI=1S/C18H19F3N6/c19-18(20,21)13-9-23-17(27-16(13)25-11-6-7-11)26-15-3-1-2-14(12(15)8-22)24-10-4-5-10/h1-3,8-11,22,24H,4-7H2,(H2,23,25,26,27). The second-order valence-corrected chi connectivity index (χ2v) is 6.83. The molecule has 4 N–H and O–H groups in total.